The van der Waals surface area contributed by atoms with E-state index in [-0.39, 0.29) is 0 Å². The molecule has 0 amide bonds. The summed E-state index contributed by atoms with van der Waals surface area (Å²) >= 11 is 0. The van der Waals surface area contributed by atoms with E-state index in [4.69, 9.17) is 5.73 Å². The van der Waals surface area contributed by atoms with Gasteiger partial charge in [-0.1, -0.05) is 5.21 Å². The number of aryl methyl sites for hydroxylation is 1. The Bertz CT molecular complexity index is 420. The molecule has 2 aromatic rings. The first-order chi connectivity index (χ1) is 6.25. The fourth-order valence-corrected chi connectivity index (χ4v) is 1.04. The average molecular weight is 175 g/mol. The monoisotopic (exact) mass is 175 g/mol. The zero-order chi connectivity index (χ0) is 9.26. The third-order valence-electron chi connectivity index (χ3n) is 1.62. The molecule has 0 aliphatic carbocycles. The number of nitrogens with two attached hydrogens (primary N) is 1. The SMILES string of the molecule is Cc1cn(-c2cncc(N)c2)nn1. The van der Waals surface area contributed by atoms with Crippen LogP contribution in [-0.4, -0.2) is 20.0 Å². The van der Waals surface area contributed by atoms with E-state index in [9.17, 15) is 0 Å². The van der Waals surface area contributed by atoms with Gasteiger partial charge >= 0.3 is 0 Å². The molecule has 5 heteroatoms. The van der Waals surface area contributed by atoms with Crippen molar-refractivity contribution in [2.45, 2.75) is 6.92 Å². The highest BCUT2D eigenvalue weighted by molar-refractivity contribution is 5.43. The highest BCUT2D eigenvalue weighted by atomic mass is 15.4. The van der Waals surface area contributed by atoms with E-state index in [0.717, 1.165) is 11.4 Å². The summed E-state index contributed by atoms with van der Waals surface area (Å²) in [4.78, 5) is 3.96. The van der Waals surface area contributed by atoms with Crippen molar-refractivity contribution in [2.24, 2.45) is 0 Å². The van der Waals surface area contributed by atoms with Gasteiger partial charge in [0.15, 0.2) is 0 Å². The van der Waals surface area contributed by atoms with Crippen molar-refractivity contribution in [3.63, 3.8) is 0 Å². The van der Waals surface area contributed by atoms with E-state index in [0.29, 0.717) is 5.69 Å². The fraction of sp³-hybridized carbons (Fsp3) is 0.125. The molecule has 2 heterocycles. The Kier molecular flexibility index (Phi) is 1.70. The molecular weight excluding hydrogens is 166 g/mol. The molecule has 0 aliphatic rings. The molecule has 0 fully saturated rings. The molecule has 0 atom stereocenters. The van der Waals surface area contributed by atoms with Crippen LogP contribution in [0.3, 0.4) is 0 Å². The van der Waals surface area contributed by atoms with Gasteiger partial charge in [0.2, 0.25) is 0 Å². The quantitative estimate of drug-likeness (QED) is 0.687. The predicted molar refractivity (Wildman–Crippen MR) is 48.3 cm³/mol. The Morgan fingerprint density at radius 3 is 2.85 bits per heavy atom. The van der Waals surface area contributed by atoms with Crippen molar-refractivity contribution in [3.05, 3.63) is 30.4 Å². The first-order valence-electron chi connectivity index (χ1n) is 3.85. The van der Waals surface area contributed by atoms with Crippen molar-refractivity contribution < 1.29 is 0 Å². The molecule has 0 spiro atoms. The maximum absolute atomic E-state index is 5.58. The minimum Gasteiger partial charge on any atom is -0.397 e. The molecule has 0 aliphatic heterocycles. The zero-order valence-corrected chi connectivity index (χ0v) is 7.18. The second kappa shape index (κ2) is 2.85. The van der Waals surface area contributed by atoms with E-state index in [2.05, 4.69) is 15.3 Å². The molecule has 66 valence electrons. The molecule has 0 aromatic carbocycles. The van der Waals surface area contributed by atoms with E-state index < -0.39 is 0 Å². The van der Waals surface area contributed by atoms with E-state index in [1.165, 1.54) is 0 Å². The first kappa shape index (κ1) is 7.72. The number of hydrogen-bond acceptors (Lipinski definition) is 4. The smallest absolute Gasteiger partial charge is 0.0867 e. The lowest BCUT2D eigenvalue weighted by atomic mass is 10.4. The maximum atomic E-state index is 5.58. The molecular formula is C8H9N5. The van der Waals surface area contributed by atoms with Crippen molar-refractivity contribution in [1.29, 1.82) is 0 Å². The molecule has 2 aromatic heterocycles. The summed E-state index contributed by atoms with van der Waals surface area (Å²) in [5.41, 5.74) is 7.88. The van der Waals surface area contributed by atoms with Gasteiger partial charge in [-0.05, 0) is 13.0 Å². The fourth-order valence-electron chi connectivity index (χ4n) is 1.04. The van der Waals surface area contributed by atoms with Crippen molar-refractivity contribution in [1.82, 2.24) is 20.0 Å². The largest absolute Gasteiger partial charge is 0.397 e. The van der Waals surface area contributed by atoms with Crippen LogP contribution in [0.4, 0.5) is 5.69 Å². The molecule has 5 nitrogen and oxygen atoms in total. The minimum atomic E-state index is 0.616. The summed E-state index contributed by atoms with van der Waals surface area (Å²) in [5, 5.41) is 7.77. The van der Waals surface area contributed by atoms with Crippen molar-refractivity contribution >= 4 is 5.69 Å². The number of rotatable bonds is 1. The van der Waals surface area contributed by atoms with Crippen LogP contribution in [0.5, 0.6) is 0 Å². The van der Waals surface area contributed by atoms with Gasteiger partial charge in [-0.2, -0.15) is 0 Å². The van der Waals surface area contributed by atoms with Crippen LogP contribution in [-0.2, 0) is 0 Å². The van der Waals surface area contributed by atoms with Gasteiger partial charge in [-0.15, -0.1) is 5.10 Å². The predicted octanol–water partition coefficient (Wildman–Crippen LogP) is 0.553. The van der Waals surface area contributed by atoms with Gasteiger partial charge in [-0.25, -0.2) is 4.68 Å². The summed E-state index contributed by atoms with van der Waals surface area (Å²) in [6, 6.07) is 1.79. The molecule has 0 saturated carbocycles. The summed E-state index contributed by atoms with van der Waals surface area (Å²) in [6.45, 7) is 1.88. The summed E-state index contributed by atoms with van der Waals surface area (Å²) in [7, 11) is 0. The number of hydrogen-bond donors (Lipinski definition) is 1. The van der Waals surface area contributed by atoms with Crippen LogP contribution in [0.2, 0.25) is 0 Å². The Labute approximate surface area is 75.2 Å². The Hall–Kier alpha value is -1.91. The summed E-state index contributed by atoms with van der Waals surface area (Å²) < 4.78 is 1.64. The molecule has 0 bridgehead atoms. The number of anilines is 1. The third kappa shape index (κ3) is 1.48. The van der Waals surface area contributed by atoms with Gasteiger partial charge in [0.25, 0.3) is 0 Å². The van der Waals surface area contributed by atoms with Gasteiger partial charge in [0, 0.05) is 6.20 Å². The molecule has 13 heavy (non-hydrogen) atoms. The standard InChI is InChI=1S/C8H9N5/c1-6-5-13(12-11-6)8-2-7(9)3-10-4-8/h2-5H,9H2,1H3. The highest BCUT2D eigenvalue weighted by Gasteiger charge is 1.99. The van der Waals surface area contributed by atoms with Gasteiger partial charge in [0.05, 0.1) is 29.5 Å². The van der Waals surface area contributed by atoms with Crippen LogP contribution in [0, 0.1) is 6.92 Å². The molecule has 0 unspecified atom stereocenters. The van der Waals surface area contributed by atoms with Gasteiger partial charge in [-0.3, -0.25) is 4.98 Å². The third-order valence-corrected chi connectivity index (χ3v) is 1.62. The summed E-state index contributed by atoms with van der Waals surface area (Å²) in [6.07, 6.45) is 5.09. The number of pyridine rings is 1. The van der Waals surface area contributed by atoms with Crippen LogP contribution < -0.4 is 5.73 Å². The zero-order valence-electron chi connectivity index (χ0n) is 7.18. The number of aromatic nitrogens is 4. The van der Waals surface area contributed by atoms with Crippen molar-refractivity contribution in [2.75, 3.05) is 5.73 Å². The summed E-state index contributed by atoms with van der Waals surface area (Å²) in [5.74, 6) is 0. The first-order valence-corrected chi connectivity index (χ1v) is 3.85. The Morgan fingerprint density at radius 1 is 1.38 bits per heavy atom. The van der Waals surface area contributed by atoms with E-state index in [1.54, 1.807) is 23.1 Å². The van der Waals surface area contributed by atoms with Crippen molar-refractivity contribution in [3.8, 4) is 5.69 Å². The lowest BCUT2D eigenvalue weighted by Gasteiger charge is -1.98. The number of nitrogen functional groups attached to an aromatic ring is 1. The normalized spacial score (nSPS) is 10.2. The Balaban J connectivity index is 2.46. The van der Waals surface area contributed by atoms with Gasteiger partial charge in [0.1, 0.15) is 0 Å². The maximum Gasteiger partial charge on any atom is 0.0867 e. The minimum absolute atomic E-state index is 0.616. The van der Waals surface area contributed by atoms with E-state index >= 15 is 0 Å². The lowest BCUT2D eigenvalue weighted by molar-refractivity contribution is 0.797. The molecule has 2 rings (SSSR count). The van der Waals surface area contributed by atoms with Crippen LogP contribution >= 0.6 is 0 Å². The second-order valence-electron chi connectivity index (χ2n) is 2.78. The molecule has 0 radical (unpaired) electrons. The van der Waals surface area contributed by atoms with E-state index in [1.807, 2.05) is 13.1 Å². The average Bonchev–Trinajstić information content (AvgIpc) is 2.52. The highest BCUT2D eigenvalue weighted by Crippen LogP contribution is 2.08. The molecule has 2 N–H and O–H groups in total. The van der Waals surface area contributed by atoms with Gasteiger partial charge < -0.3 is 5.73 Å². The van der Waals surface area contributed by atoms with Crippen LogP contribution in [0.1, 0.15) is 5.69 Å². The molecule has 0 saturated heterocycles. The second-order valence-corrected chi connectivity index (χ2v) is 2.78. The van der Waals surface area contributed by atoms with Crippen LogP contribution in [0.15, 0.2) is 24.7 Å². The topological polar surface area (TPSA) is 69.6 Å². The number of nitrogens with zero attached hydrogens (tertiary/aromatic N) is 4. The Morgan fingerprint density at radius 2 is 2.23 bits per heavy atom. The lowest BCUT2D eigenvalue weighted by Crippen LogP contribution is -1.97. The van der Waals surface area contributed by atoms with Crippen LogP contribution in [0.25, 0.3) is 5.69 Å².